The van der Waals surface area contributed by atoms with Crippen LogP contribution in [0, 0.1) is 5.92 Å². The molecule has 13 heavy (non-hydrogen) atoms. The normalized spacial score (nSPS) is 10.1. The Morgan fingerprint density at radius 1 is 1.54 bits per heavy atom. The van der Waals surface area contributed by atoms with Gasteiger partial charge in [-0.15, -0.1) is 0 Å². The van der Waals surface area contributed by atoms with Gasteiger partial charge in [0.2, 0.25) is 0 Å². The van der Waals surface area contributed by atoms with Crippen molar-refractivity contribution in [2.45, 2.75) is 20.3 Å². The van der Waals surface area contributed by atoms with Crippen molar-refractivity contribution in [3.05, 3.63) is 17.7 Å². The lowest BCUT2D eigenvalue weighted by molar-refractivity contribution is -0.137. The van der Waals surface area contributed by atoms with Crippen LogP contribution in [0.1, 0.15) is 20.3 Å². The van der Waals surface area contributed by atoms with Crippen molar-refractivity contribution in [2.24, 2.45) is 5.92 Å². The van der Waals surface area contributed by atoms with Crippen LogP contribution < -0.4 is 0 Å². The molecular formula is C9H14N2O2. The minimum Gasteiger partial charge on any atom is -0.453 e. The zero-order valence-corrected chi connectivity index (χ0v) is 7.93. The molecule has 0 amide bonds. The molecular weight excluding hydrogens is 168 g/mol. The van der Waals surface area contributed by atoms with Gasteiger partial charge in [0.05, 0.1) is 0 Å². The van der Waals surface area contributed by atoms with Crippen molar-refractivity contribution in [1.29, 1.82) is 0 Å². The molecule has 0 bridgehead atoms. The molecule has 0 fully saturated rings. The largest absolute Gasteiger partial charge is 0.453 e. The highest BCUT2D eigenvalue weighted by Gasteiger charge is 1.99. The predicted molar refractivity (Wildman–Crippen MR) is 49.2 cm³/mol. The average Bonchev–Trinajstić information content (AvgIpc) is 2.03. The monoisotopic (exact) mass is 182 g/mol. The van der Waals surface area contributed by atoms with E-state index in [4.69, 9.17) is 5.53 Å². The van der Waals surface area contributed by atoms with E-state index in [9.17, 15) is 4.79 Å². The second kappa shape index (κ2) is 7.25. The van der Waals surface area contributed by atoms with Gasteiger partial charge in [0.25, 0.3) is 0 Å². The molecule has 0 saturated heterocycles. The molecule has 0 aliphatic carbocycles. The van der Waals surface area contributed by atoms with Crippen LogP contribution in [-0.2, 0) is 9.53 Å². The van der Waals surface area contributed by atoms with Gasteiger partial charge < -0.3 is 10.3 Å². The lowest BCUT2D eigenvalue weighted by Gasteiger charge is -1.96. The van der Waals surface area contributed by atoms with E-state index in [1.165, 1.54) is 0 Å². The molecule has 0 saturated carbocycles. The maximum atomic E-state index is 10.6. The standard InChI is InChI=1S/C9H14N2O2/c1-8(2)5-3-4-6-13-9(12)7-11-10/h3-4,7-8H,5-6H2,1-2H3/b4-3-. The van der Waals surface area contributed by atoms with Crippen molar-refractivity contribution in [3.8, 4) is 0 Å². The van der Waals surface area contributed by atoms with Crippen LogP contribution in [0.3, 0.4) is 0 Å². The minimum absolute atomic E-state index is 0.220. The number of carbonyl (C=O) groups is 1. The molecule has 0 aromatic heterocycles. The van der Waals surface area contributed by atoms with Gasteiger partial charge in [-0.25, -0.2) is 4.79 Å². The number of rotatable bonds is 5. The number of hydrogen-bond acceptors (Lipinski definition) is 2. The molecule has 0 aliphatic rings. The van der Waals surface area contributed by atoms with Gasteiger partial charge in [0.1, 0.15) is 6.61 Å². The highest BCUT2D eigenvalue weighted by Crippen LogP contribution is 1.99. The molecule has 0 aromatic carbocycles. The molecule has 0 atom stereocenters. The second-order valence-electron chi connectivity index (χ2n) is 2.98. The Hall–Kier alpha value is -1.41. The molecule has 0 spiro atoms. The van der Waals surface area contributed by atoms with E-state index in [1.54, 1.807) is 6.08 Å². The summed E-state index contributed by atoms with van der Waals surface area (Å²) in [6.07, 6.45) is 5.40. The van der Waals surface area contributed by atoms with Crippen LogP contribution in [0.2, 0.25) is 0 Å². The zero-order chi connectivity index (χ0) is 10.1. The molecule has 72 valence electrons. The van der Waals surface area contributed by atoms with Crippen LogP contribution in [0.15, 0.2) is 12.2 Å². The smallest absolute Gasteiger partial charge is 0.413 e. The number of allylic oxidation sites excluding steroid dienone is 1. The molecule has 4 heteroatoms. The topological polar surface area (TPSA) is 62.7 Å². The van der Waals surface area contributed by atoms with Gasteiger partial charge in [-0.2, -0.15) is 4.79 Å². The first kappa shape index (κ1) is 11.6. The molecule has 0 aromatic rings. The molecule has 0 aliphatic heterocycles. The van der Waals surface area contributed by atoms with Crippen molar-refractivity contribution in [2.75, 3.05) is 6.61 Å². The Labute approximate surface area is 77.8 Å². The summed E-state index contributed by atoms with van der Waals surface area (Å²) < 4.78 is 4.63. The van der Waals surface area contributed by atoms with Gasteiger partial charge in [0, 0.05) is 0 Å². The Bertz CT molecular complexity index is 228. The lowest BCUT2D eigenvalue weighted by Crippen LogP contribution is -2.05. The molecule has 4 nitrogen and oxygen atoms in total. The number of ether oxygens (including phenoxy) is 1. The molecule has 0 heterocycles. The minimum atomic E-state index is -0.642. The summed E-state index contributed by atoms with van der Waals surface area (Å²) in [5.41, 5.74) is 7.96. The Balaban J connectivity index is 3.50. The van der Waals surface area contributed by atoms with Crippen molar-refractivity contribution in [1.82, 2.24) is 0 Å². The van der Waals surface area contributed by atoms with Crippen LogP contribution in [0.4, 0.5) is 0 Å². The number of carbonyl (C=O) groups excluding carboxylic acids is 1. The maximum absolute atomic E-state index is 10.6. The SMILES string of the molecule is CC(C)C/C=C\COC(=O)C=[N+]=[N-]. The highest BCUT2D eigenvalue weighted by atomic mass is 16.5. The maximum Gasteiger partial charge on any atom is 0.413 e. The van der Waals surface area contributed by atoms with Crippen LogP contribution in [0.5, 0.6) is 0 Å². The van der Waals surface area contributed by atoms with Crippen LogP contribution in [-0.4, -0.2) is 23.6 Å². The molecule has 0 radical (unpaired) electrons. The van der Waals surface area contributed by atoms with Crippen molar-refractivity contribution >= 4 is 12.2 Å². The average molecular weight is 182 g/mol. The van der Waals surface area contributed by atoms with Crippen LogP contribution in [0.25, 0.3) is 5.53 Å². The molecule has 0 rings (SSSR count). The summed E-state index contributed by atoms with van der Waals surface area (Å²) in [5, 5.41) is 0. The Morgan fingerprint density at radius 2 is 2.23 bits per heavy atom. The second-order valence-corrected chi connectivity index (χ2v) is 2.98. The summed E-state index contributed by atoms with van der Waals surface area (Å²) in [7, 11) is 0. The van der Waals surface area contributed by atoms with E-state index < -0.39 is 5.97 Å². The highest BCUT2D eigenvalue weighted by molar-refractivity contribution is 6.20. The van der Waals surface area contributed by atoms with Gasteiger partial charge in [-0.1, -0.05) is 26.0 Å². The predicted octanol–water partition coefficient (Wildman–Crippen LogP) is 1.43. The fourth-order valence-electron chi connectivity index (χ4n) is 0.651. The van der Waals surface area contributed by atoms with Gasteiger partial charge in [-0.3, -0.25) is 0 Å². The third-order valence-electron chi connectivity index (χ3n) is 1.26. The fourth-order valence-corrected chi connectivity index (χ4v) is 0.651. The first-order chi connectivity index (χ1) is 6.16. The summed E-state index contributed by atoms with van der Waals surface area (Å²) >= 11 is 0. The van der Waals surface area contributed by atoms with E-state index in [1.807, 2.05) is 6.08 Å². The third-order valence-corrected chi connectivity index (χ3v) is 1.26. The van der Waals surface area contributed by atoms with E-state index in [2.05, 4.69) is 23.4 Å². The van der Waals surface area contributed by atoms with Crippen LogP contribution >= 0.6 is 0 Å². The summed E-state index contributed by atoms with van der Waals surface area (Å²) in [6, 6.07) is 0. The summed E-state index contributed by atoms with van der Waals surface area (Å²) in [4.78, 5) is 13.1. The summed E-state index contributed by atoms with van der Waals surface area (Å²) in [6.45, 7) is 4.43. The van der Waals surface area contributed by atoms with E-state index in [0.717, 1.165) is 12.6 Å². The van der Waals surface area contributed by atoms with E-state index >= 15 is 0 Å². The van der Waals surface area contributed by atoms with Gasteiger partial charge in [0.15, 0.2) is 0 Å². The van der Waals surface area contributed by atoms with Crippen molar-refractivity contribution < 1.29 is 14.3 Å². The number of nitrogens with zero attached hydrogens (tertiary/aromatic N) is 2. The number of esters is 1. The first-order valence-electron chi connectivity index (χ1n) is 4.16. The van der Waals surface area contributed by atoms with E-state index in [-0.39, 0.29) is 6.61 Å². The van der Waals surface area contributed by atoms with Gasteiger partial charge >= 0.3 is 12.2 Å². The zero-order valence-electron chi connectivity index (χ0n) is 7.93. The third kappa shape index (κ3) is 8.50. The van der Waals surface area contributed by atoms with E-state index in [0.29, 0.717) is 5.92 Å². The molecule has 0 N–H and O–H groups in total. The summed E-state index contributed by atoms with van der Waals surface area (Å²) in [5.74, 6) is -0.0392. The first-order valence-corrected chi connectivity index (χ1v) is 4.16. The number of hydrogen-bond donors (Lipinski definition) is 0. The fraction of sp³-hybridized carbons (Fsp3) is 0.556. The van der Waals surface area contributed by atoms with Gasteiger partial charge in [-0.05, 0) is 12.3 Å². The quantitative estimate of drug-likeness (QED) is 0.212. The molecule has 0 unspecified atom stereocenters. The Kier molecular flexibility index (Phi) is 6.46. The lowest BCUT2D eigenvalue weighted by atomic mass is 10.1. The Morgan fingerprint density at radius 3 is 2.77 bits per heavy atom. The van der Waals surface area contributed by atoms with Crippen molar-refractivity contribution in [3.63, 3.8) is 0 Å².